The van der Waals surface area contributed by atoms with Crippen molar-refractivity contribution in [2.45, 2.75) is 0 Å². The summed E-state index contributed by atoms with van der Waals surface area (Å²) >= 11 is 0. The molecule has 0 heterocycles. The quantitative estimate of drug-likeness (QED) is 0.0839. The van der Waals surface area contributed by atoms with Crippen molar-refractivity contribution in [2.75, 3.05) is 9.80 Å². The van der Waals surface area contributed by atoms with Crippen LogP contribution < -0.4 is 9.80 Å². The van der Waals surface area contributed by atoms with Crippen LogP contribution in [0.3, 0.4) is 0 Å². The van der Waals surface area contributed by atoms with E-state index in [1.165, 1.54) is 77.9 Å². The molecule has 0 aliphatic carbocycles. The molecular weight excluding hydrogens is 1110 g/mol. The molecule has 14 aromatic carbocycles. The molecule has 14 aromatic rings. The summed E-state index contributed by atoms with van der Waals surface area (Å²) in [5.41, 5.74) is 28.0. The number of hydrogen-bond donors (Lipinski definition) is 0. The predicted octanol–water partition coefficient (Wildman–Crippen LogP) is 25.4. The standard InChI is InChI=1S/C48H37N.C42H31N/c1-3-13-36(4-2)42-18-11-20-44(34-42)40-24-30-47(31-25-40)49(46-28-22-39(23-29-46)37-14-7-5-8-15-37)48-32-26-41(27-33-48)45-21-12-19-43(35-45)38-16-9-6-10-17-38;1-4-11-32(12-5-1)35-19-25-40(26-20-35)43(41-27-21-36(22-28-41)33-13-6-2-7-14-33)42-29-23-37(24-30-42)39-18-10-17-38(31-39)34-15-8-3-9-16-34/h3-35H,1-2H2;1-31H/b36-13+;. The molecule has 0 N–H and O–H groups in total. The van der Waals surface area contributed by atoms with Crippen LogP contribution in [0.4, 0.5) is 34.1 Å². The Morgan fingerprint density at radius 2 is 0.391 bits per heavy atom. The first-order valence-corrected chi connectivity index (χ1v) is 31.3. The van der Waals surface area contributed by atoms with Crippen LogP contribution in [-0.4, -0.2) is 0 Å². The molecule has 438 valence electrons. The number of benzene rings is 14. The summed E-state index contributed by atoms with van der Waals surface area (Å²) in [6, 6.07) is 132. The van der Waals surface area contributed by atoms with Crippen LogP contribution in [-0.2, 0) is 0 Å². The topological polar surface area (TPSA) is 6.48 Å². The Morgan fingerprint density at radius 1 is 0.196 bits per heavy atom. The van der Waals surface area contributed by atoms with E-state index < -0.39 is 0 Å². The fourth-order valence-electron chi connectivity index (χ4n) is 11.9. The number of rotatable bonds is 17. The van der Waals surface area contributed by atoms with Crippen molar-refractivity contribution >= 4 is 39.7 Å². The van der Waals surface area contributed by atoms with Gasteiger partial charge in [-0.25, -0.2) is 0 Å². The summed E-state index contributed by atoms with van der Waals surface area (Å²) in [7, 11) is 0. The highest BCUT2D eigenvalue weighted by molar-refractivity contribution is 5.85. The molecule has 0 amide bonds. The first kappa shape index (κ1) is 58.9. The largest absolute Gasteiger partial charge is 0.311 e. The maximum atomic E-state index is 3.99. The van der Waals surface area contributed by atoms with Crippen LogP contribution in [0, 0.1) is 0 Å². The van der Waals surface area contributed by atoms with E-state index in [9.17, 15) is 0 Å². The van der Waals surface area contributed by atoms with Gasteiger partial charge in [-0.2, -0.15) is 0 Å². The molecule has 14 rings (SSSR count). The van der Waals surface area contributed by atoms with Gasteiger partial charge in [-0.05, 0) is 191 Å². The van der Waals surface area contributed by atoms with Gasteiger partial charge in [0.1, 0.15) is 0 Å². The number of allylic oxidation sites excluding steroid dienone is 4. The Morgan fingerprint density at radius 3 is 0.630 bits per heavy atom. The molecule has 0 radical (unpaired) electrons. The van der Waals surface area contributed by atoms with E-state index in [0.29, 0.717) is 0 Å². The van der Waals surface area contributed by atoms with E-state index in [2.05, 4.69) is 393 Å². The van der Waals surface area contributed by atoms with Gasteiger partial charge in [-0.3, -0.25) is 0 Å². The van der Waals surface area contributed by atoms with E-state index >= 15 is 0 Å². The lowest BCUT2D eigenvalue weighted by atomic mass is 9.98. The lowest BCUT2D eigenvalue weighted by Crippen LogP contribution is -2.09. The first-order chi connectivity index (χ1) is 45.5. The third kappa shape index (κ3) is 13.8. The van der Waals surface area contributed by atoms with E-state index in [-0.39, 0.29) is 0 Å². The van der Waals surface area contributed by atoms with Crippen molar-refractivity contribution in [3.05, 3.63) is 407 Å². The summed E-state index contributed by atoms with van der Waals surface area (Å²) in [4.78, 5) is 4.65. The van der Waals surface area contributed by atoms with Crippen molar-refractivity contribution in [1.29, 1.82) is 0 Å². The fraction of sp³-hybridized carbons (Fsp3) is 0. The second-order valence-electron chi connectivity index (χ2n) is 22.6. The Kier molecular flexibility index (Phi) is 18.2. The summed E-state index contributed by atoms with van der Waals surface area (Å²) in [6.07, 6.45) is 5.66. The number of anilines is 6. The van der Waals surface area contributed by atoms with Crippen LogP contribution in [0.15, 0.2) is 401 Å². The lowest BCUT2D eigenvalue weighted by molar-refractivity contribution is 1.28. The van der Waals surface area contributed by atoms with Crippen molar-refractivity contribution in [2.24, 2.45) is 0 Å². The van der Waals surface area contributed by atoms with Gasteiger partial charge >= 0.3 is 0 Å². The van der Waals surface area contributed by atoms with Crippen LogP contribution in [0.1, 0.15) is 5.56 Å². The summed E-state index contributed by atoms with van der Waals surface area (Å²) in [5, 5.41) is 0. The van der Waals surface area contributed by atoms with Crippen molar-refractivity contribution in [3.8, 4) is 89.0 Å². The van der Waals surface area contributed by atoms with Gasteiger partial charge in [0.2, 0.25) is 0 Å². The normalized spacial score (nSPS) is 11.0. The van der Waals surface area contributed by atoms with Gasteiger partial charge in [0, 0.05) is 34.1 Å². The van der Waals surface area contributed by atoms with Crippen LogP contribution in [0.2, 0.25) is 0 Å². The molecule has 0 bridgehead atoms. The minimum absolute atomic E-state index is 1.05. The number of nitrogens with zero attached hydrogens (tertiary/aromatic N) is 2. The van der Waals surface area contributed by atoms with Crippen LogP contribution in [0.25, 0.3) is 94.6 Å². The Hall–Kier alpha value is -12.1. The highest BCUT2D eigenvalue weighted by Gasteiger charge is 2.17. The zero-order valence-electron chi connectivity index (χ0n) is 51.3. The second-order valence-corrected chi connectivity index (χ2v) is 22.6. The molecule has 0 aliphatic heterocycles. The average Bonchev–Trinajstić information content (AvgIpc) is 2.31. The van der Waals surface area contributed by atoms with Gasteiger partial charge in [0.05, 0.1) is 0 Å². The minimum atomic E-state index is 1.05. The monoisotopic (exact) mass is 1180 g/mol. The number of hydrogen-bond acceptors (Lipinski definition) is 2. The molecule has 0 aliphatic rings. The molecular formula is C90H68N2. The van der Waals surface area contributed by atoms with Crippen molar-refractivity contribution in [1.82, 2.24) is 0 Å². The average molecular weight is 1180 g/mol. The van der Waals surface area contributed by atoms with Gasteiger partial charge in [0.15, 0.2) is 0 Å². The minimum Gasteiger partial charge on any atom is -0.311 e. The summed E-state index contributed by atoms with van der Waals surface area (Å²) < 4.78 is 0. The third-order valence-corrected chi connectivity index (χ3v) is 16.7. The van der Waals surface area contributed by atoms with Gasteiger partial charge < -0.3 is 9.80 Å². The highest BCUT2D eigenvalue weighted by atomic mass is 15.1. The SMILES string of the molecule is C=C/C=C(\C=C)c1cccc(-c2ccc(N(c3ccc(-c4ccccc4)cc3)c3ccc(-c4cccc(-c5ccccc5)c4)cc3)cc2)c1.c1ccc(-c2ccc(N(c3ccc(-c4ccccc4)cc3)c3ccc(-c4cccc(-c5ccccc5)c4)cc3)cc2)cc1. The zero-order chi connectivity index (χ0) is 62.3. The van der Waals surface area contributed by atoms with Crippen LogP contribution in [0.5, 0.6) is 0 Å². The van der Waals surface area contributed by atoms with Crippen LogP contribution >= 0.6 is 0 Å². The second kappa shape index (κ2) is 28.4. The van der Waals surface area contributed by atoms with Gasteiger partial charge in [0.25, 0.3) is 0 Å². The summed E-state index contributed by atoms with van der Waals surface area (Å²) in [6.45, 7) is 7.84. The Bertz CT molecular complexity index is 4650. The molecule has 0 fully saturated rings. The molecule has 0 spiro atoms. The lowest BCUT2D eigenvalue weighted by Gasteiger charge is -2.26. The Labute approximate surface area is 542 Å². The maximum absolute atomic E-state index is 3.99. The molecule has 2 heteroatoms. The first-order valence-electron chi connectivity index (χ1n) is 31.3. The fourth-order valence-corrected chi connectivity index (χ4v) is 11.9. The smallest absolute Gasteiger partial charge is 0.0462 e. The molecule has 0 unspecified atom stereocenters. The van der Waals surface area contributed by atoms with Crippen molar-refractivity contribution in [3.63, 3.8) is 0 Å². The molecule has 92 heavy (non-hydrogen) atoms. The van der Waals surface area contributed by atoms with E-state index in [0.717, 1.165) is 56.4 Å². The molecule has 0 aromatic heterocycles. The van der Waals surface area contributed by atoms with E-state index in [4.69, 9.17) is 0 Å². The molecule has 0 saturated heterocycles. The molecule has 0 saturated carbocycles. The molecule has 0 atom stereocenters. The predicted molar refractivity (Wildman–Crippen MR) is 394 cm³/mol. The zero-order valence-corrected chi connectivity index (χ0v) is 51.3. The summed E-state index contributed by atoms with van der Waals surface area (Å²) in [5.74, 6) is 0. The molecule has 2 nitrogen and oxygen atoms in total. The highest BCUT2D eigenvalue weighted by Crippen LogP contribution is 2.41. The van der Waals surface area contributed by atoms with Gasteiger partial charge in [-0.15, -0.1) is 0 Å². The van der Waals surface area contributed by atoms with E-state index in [1.54, 1.807) is 6.08 Å². The maximum Gasteiger partial charge on any atom is 0.0462 e. The third-order valence-electron chi connectivity index (χ3n) is 16.7. The van der Waals surface area contributed by atoms with Crippen molar-refractivity contribution < 1.29 is 0 Å². The Balaban J connectivity index is 0.000000169. The van der Waals surface area contributed by atoms with Gasteiger partial charge in [-0.1, -0.05) is 310 Å². The van der Waals surface area contributed by atoms with E-state index in [1.807, 2.05) is 12.2 Å².